The van der Waals surface area contributed by atoms with Crippen molar-refractivity contribution in [1.29, 1.82) is 0 Å². The number of aromatic nitrogens is 1. The summed E-state index contributed by atoms with van der Waals surface area (Å²) in [6.07, 6.45) is 2.58. The van der Waals surface area contributed by atoms with Crippen molar-refractivity contribution in [2.24, 2.45) is 0 Å². The smallest absolute Gasteiger partial charge is 0.223 e. The Morgan fingerprint density at radius 3 is 2.80 bits per heavy atom. The monoisotopic (exact) mass is 296 g/mol. The van der Waals surface area contributed by atoms with Gasteiger partial charge in [-0.25, -0.2) is 22.5 Å². The van der Waals surface area contributed by atoms with Gasteiger partial charge in [0.25, 0.3) is 0 Å². The molecule has 0 unspecified atom stereocenters. The molecule has 0 amide bonds. The van der Waals surface area contributed by atoms with E-state index in [2.05, 4.69) is 9.71 Å². The van der Waals surface area contributed by atoms with E-state index in [9.17, 15) is 12.8 Å². The van der Waals surface area contributed by atoms with Crippen molar-refractivity contribution in [3.05, 3.63) is 54.0 Å². The summed E-state index contributed by atoms with van der Waals surface area (Å²) < 4.78 is 43.1. The molecule has 0 atom stereocenters. The van der Waals surface area contributed by atoms with Crippen LogP contribution in [-0.4, -0.2) is 19.7 Å². The largest absolute Gasteiger partial charge is 0.439 e. The van der Waals surface area contributed by atoms with E-state index in [4.69, 9.17) is 4.74 Å². The Labute approximate surface area is 116 Å². The molecule has 20 heavy (non-hydrogen) atoms. The zero-order valence-electron chi connectivity index (χ0n) is 10.7. The average Bonchev–Trinajstić information content (AvgIpc) is 2.37. The van der Waals surface area contributed by atoms with Gasteiger partial charge >= 0.3 is 0 Å². The van der Waals surface area contributed by atoms with Crippen LogP contribution in [0.25, 0.3) is 0 Å². The highest BCUT2D eigenvalue weighted by atomic mass is 32.2. The van der Waals surface area contributed by atoms with Gasteiger partial charge in [-0.05, 0) is 18.2 Å². The number of hydrogen-bond acceptors (Lipinski definition) is 4. The van der Waals surface area contributed by atoms with Crippen molar-refractivity contribution >= 4 is 10.0 Å². The second-order valence-electron chi connectivity index (χ2n) is 4.12. The molecular formula is C13H13FN2O3S. The standard InChI is InChI=1S/C13H13FN2O3S/c1-20(17,18)16-9-10-4-3-7-15-13(10)19-12-6-2-5-11(14)8-12/h2-8,16H,9H2,1H3. The third kappa shape index (κ3) is 4.29. The van der Waals surface area contributed by atoms with E-state index in [1.54, 1.807) is 18.2 Å². The van der Waals surface area contributed by atoms with E-state index >= 15 is 0 Å². The van der Waals surface area contributed by atoms with Gasteiger partial charge in [-0.1, -0.05) is 12.1 Å². The molecule has 106 valence electrons. The number of ether oxygens (including phenoxy) is 1. The fourth-order valence-corrected chi connectivity index (χ4v) is 1.92. The molecule has 0 radical (unpaired) electrons. The first kappa shape index (κ1) is 14.4. The average molecular weight is 296 g/mol. The van der Waals surface area contributed by atoms with E-state index in [-0.39, 0.29) is 12.4 Å². The Morgan fingerprint density at radius 2 is 2.10 bits per heavy atom. The number of nitrogens with zero attached hydrogens (tertiary/aromatic N) is 1. The van der Waals surface area contributed by atoms with Crippen LogP contribution in [0.1, 0.15) is 5.56 Å². The maximum absolute atomic E-state index is 13.1. The van der Waals surface area contributed by atoms with Crippen molar-refractivity contribution < 1.29 is 17.5 Å². The normalized spacial score (nSPS) is 11.3. The summed E-state index contributed by atoms with van der Waals surface area (Å²) >= 11 is 0. The molecule has 2 rings (SSSR count). The Morgan fingerprint density at radius 1 is 1.30 bits per heavy atom. The van der Waals surface area contributed by atoms with Gasteiger partial charge in [0.15, 0.2) is 0 Å². The summed E-state index contributed by atoms with van der Waals surface area (Å²) in [6, 6.07) is 8.98. The molecule has 0 spiro atoms. The van der Waals surface area contributed by atoms with E-state index < -0.39 is 15.8 Å². The van der Waals surface area contributed by atoms with Gasteiger partial charge in [0, 0.05) is 24.4 Å². The van der Waals surface area contributed by atoms with Crippen LogP contribution in [0, 0.1) is 5.82 Å². The van der Waals surface area contributed by atoms with Crippen molar-refractivity contribution in [1.82, 2.24) is 9.71 Å². The Hall–Kier alpha value is -1.99. The molecule has 1 aromatic carbocycles. The minimum atomic E-state index is -3.31. The zero-order valence-corrected chi connectivity index (χ0v) is 11.5. The van der Waals surface area contributed by atoms with Crippen molar-refractivity contribution in [2.45, 2.75) is 6.54 Å². The summed E-state index contributed by atoms with van der Waals surface area (Å²) in [4.78, 5) is 4.02. The van der Waals surface area contributed by atoms with Crippen LogP contribution >= 0.6 is 0 Å². The third-order valence-corrected chi connectivity index (χ3v) is 3.05. The molecular weight excluding hydrogens is 283 g/mol. The predicted molar refractivity (Wildman–Crippen MR) is 72.4 cm³/mol. The van der Waals surface area contributed by atoms with Crippen LogP contribution in [0.15, 0.2) is 42.6 Å². The maximum Gasteiger partial charge on any atom is 0.223 e. The number of pyridine rings is 1. The molecule has 1 aromatic heterocycles. The summed E-state index contributed by atoms with van der Waals surface area (Å²) in [5.74, 6) is 0.104. The first-order valence-corrected chi connectivity index (χ1v) is 7.65. The van der Waals surface area contributed by atoms with Gasteiger partial charge in [-0.2, -0.15) is 0 Å². The lowest BCUT2D eigenvalue weighted by atomic mass is 10.3. The number of sulfonamides is 1. The molecule has 1 N–H and O–H groups in total. The third-order valence-electron chi connectivity index (χ3n) is 2.39. The lowest BCUT2D eigenvalue weighted by Gasteiger charge is -2.10. The van der Waals surface area contributed by atoms with Gasteiger partial charge in [0.2, 0.25) is 15.9 Å². The molecule has 0 fully saturated rings. The highest BCUT2D eigenvalue weighted by molar-refractivity contribution is 7.88. The highest BCUT2D eigenvalue weighted by Gasteiger charge is 2.09. The SMILES string of the molecule is CS(=O)(=O)NCc1cccnc1Oc1cccc(F)c1. The molecule has 0 saturated heterocycles. The van der Waals surface area contributed by atoms with Gasteiger partial charge in [0.05, 0.1) is 6.26 Å². The number of rotatable bonds is 5. The number of nitrogens with one attached hydrogen (secondary N) is 1. The quantitative estimate of drug-likeness (QED) is 0.917. The van der Waals surface area contributed by atoms with Gasteiger partial charge in [0.1, 0.15) is 11.6 Å². The van der Waals surface area contributed by atoms with Crippen molar-refractivity contribution in [2.75, 3.05) is 6.26 Å². The predicted octanol–water partition coefficient (Wildman–Crippen LogP) is 2.06. The molecule has 0 aliphatic rings. The van der Waals surface area contributed by atoms with E-state index in [0.717, 1.165) is 6.26 Å². The van der Waals surface area contributed by atoms with Crippen LogP contribution < -0.4 is 9.46 Å². The minimum absolute atomic E-state index is 0.0529. The lowest BCUT2D eigenvalue weighted by Crippen LogP contribution is -2.21. The van der Waals surface area contributed by atoms with Crippen molar-refractivity contribution in [3.8, 4) is 11.6 Å². The van der Waals surface area contributed by atoms with E-state index in [1.807, 2.05) is 0 Å². The van der Waals surface area contributed by atoms with Gasteiger partial charge in [-0.3, -0.25) is 0 Å². The Balaban J connectivity index is 2.19. The first-order chi connectivity index (χ1) is 9.44. The number of benzene rings is 1. The van der Waals surface area contributed by atoms with Crippen LogP contribution in [0.4, 0.5) is 4.39 Å². The Kier molecular flexibility index (Phi) is 4.31. The molecule has 5 nitrogen and oxygen atoms in total. The number of hydrogen-bond donors (Lipinski definition) is 1. The second-order valence-corrected chi connectivity index (χ2v) is 5.95. The van der Waals surface area contributed by atoms with Crippen LogP contribution in [0.2, 0.25) is 0 Å². The molecule has 0 bridgehead atoms. The summed E-state index contributed by atoms with van der Waals surface area (Å²) in [5, 5.41) is 0. The topological polar surface area (TPSA) is 68.3 Å². The summed E-state index contributed by atoms with van der Waals surface area (Å²) in [6.45, 7) is 0.0529. The maximum atomic E-state index is 13.1. The van der Waals surface area contributed by atoms with Gasteiger partial charge < -0.3 is 4.74 Å². The summed E-state index contributed by atoms with van der Waals surface area (Å²) in [5.41, 5.74) is 0.558. The van der Waals surface area contributed by atoms with Gasteiger partial charge in [-0.15, -0.1) is 0 Å². The zero-order chi connectivity index (χ0) is 14.6. The second kappa shape index (κ2) is 5.98. The molecule has 1 heterocycles. The van der Waals surface area contributed by atoms with E-state index in [1.165, 1.54) is 24.4 Å². The molecule has 0 aliphatic heterocycles. The first-order valence-electron chi connectivity index (χ1n) is 5.76. The molecule has 0 aliphatic carbocycles. The van der Waals surface area contributed by atoms with Crippen molar-refractivity contribution in [3.63, 3.8) is 0 Å². The summed E-state index contributed by atoms with van der Waals surface area (Å²) in [7, 11) is -3.31. The Bertz CT molecular complexity index is 704. The van der Waals surface area contributed by atoms with Crippen LogP contribution in [-0.2, 0) is 16.6 Å². The number of halogens is 1. The minimum Gasteiger partial charge on any atom is -0.439 e. The van der Waals surface area contributed by atoms with Crippen LogP contribution in [0.3, 0.4) is 0 Å². The molecule has 7 heteroatoms. The molecule has 0 saturated carbocycles. The van der Waals surface area contributed by atoms with E-state index in [0.29, 0.717) is 11.3 Å². The highest BCUT2D eigenvalue weighted by Crippen LogP contribution is 2.23. The van der Waals surface area contributed by atoms with Crippen LogP contribution in [0.5, 0.6) is 11.6 Å². The molecule has 2 aromatic rings. The lowest BCUT2D eigenvalue weighted by molar-refractivity contribution is 0.451. The fourth-order valence-electron chi connectivity index (χ4n) is 1.50. The fraction of sp³-hybridized carbons (Fsp3) is 0.154.